The second kappa shape index (κ2) is 5.00. The molecule has 2 unspecified atom stereocenters. The van der Waals surface area contributed by atoms with Crippen LogP contribution in [0.2, 0.25) is 5.28 Å². The third kappa shape index (κ3) is 2.85. The molecule has 1 fully saturated rings. The zero-order valence-electron chi connectivity index (χ0n) is 9.83. The molecule has 1 aliphatic carbocycles. The Kier molecular flexibility index (Phi) is 3.64. The van der Waals surface area contributed by atoms with Crippen LogP contribution in [0.15, 0.2) is 6.20 Å². The molecule has 1 N–H and O–H groups in total. The molecule has 0 bridgehead atoms. The minimum absolute atomic E-state index is 0.317. The van der Waals surface area contributed by atoms with Crippen LogP contribution in [0.4, 0.5) is 5.82 Å². The molecule has 1 aromatic rings. The van der Waals surface area contributed by atoms with E-state index in [4.69, 9.17) is 11.6 Å². The molecule has 88 valence electrons. The molecule has 2 atom stereocenters. The monoisotopic (exact) mass is 239 g/mol. The molecule has 0 spiro atoms. The fourth-order valence-electron chi connectivity index (χ4n) is 2.33. The highest BCUT2D eigenvalue weighted by molar-refractivity contribution is 6.28. The van der Waals surface area contributed by atoms with Gasteiger partial charge in [-0.2, -0.15) is 0 Å². The Bertz CT molecular complexity index is 367. The summed E-state index contributed by atoms with van der Waals surface area (Å²) < 4.78 is 0. The van der Waals surface area contributed by atoms with Gasteiger partial charge in [0.1, 0.15) is 5.82 Å². The van der Waals surface area contributed by atoms with E-state index in [0.717, 1.165) is 17.3 Å². The summed E-state index contributed by atoms with van der Waals surface area (Å²) in [6.45, 7) is 4.32. The fourth-order valence-corrected chi connectivity index (χ4v) is 2.46. The highest BCUT2D eigenvalue weighted by Crippen LogP contribution is 2.26. The molecule has 0 amide bonds. The van der Waals surface area contributed by atoms with Crippen LogP contribution < -0.4 is 5.32 Å². The molecule has 0 saturated heterocycles. The second-order valence-electron chi connectivity index (χ2n) is 4.78. The topological polar surface area (TPSA) is 37.8 Å². The molecular formula is C12H18ClN3. The third-order valence-corrected chi connectivity index (χ3v) is 3.40. The molecule has 4 heteroatoms. The molecule has 1 heterocycles. The minimum atomic E-state index is 0.317. The van der Waals surface area contributed by atoms with Crippen LogP contribution in [0.5, 0.6) is 0 Å². The maximum atomic E-state index is 5.80. The van der Waals surface area contributed by atoms with Crippen LogP contribution in [-0.2, 0) is 0 Å². The first-order valence-corrected chi connectivity index (χ1v) is 6.28. The summed E-state index contributed by atoms with van der Waals surface area (Å²) in [5.41, 5.74) is 1.06. The molecule has 1 aliphatic rings. The predicted molar refractivity (Wildman–Crippen MR) is 66.8 cm³/mol. The van der Waals surface area contributed by atoms with Gasteiger partial charge >= 0.3 is 0 Å². The Morgan fingerprint density at radius 1 is 1.44 bits per heavy atom. The van der Waals surface area contributed by atoms with Gasteiger partial charge in [0.05, 0.1) is 0 Å². The van der Waals surface area contributed by atoms with Crippen molar-refractivity contribution in [1.29, 1.82) is 0 Å². The van der Waals surface area contributed by atoms with Crippen molar-refractivity contribution in [1.82, 2.24) is 9.97 Å². The number of nitrogens with one attached hydrogen (secondary N) is 1. The summed E-state index contributed by atoms with van der Waals surface area (Å²) >= 11 is 5.80. The Hall–Kier alpha value is -0.830. The Labute approximate surface area is 102 Å². The second-order valence-corrected chi connectivity index (χ2v) is 5.12. The number of nitrogens with zero attached hydrogens (tertiary/aromatic N) is 2. The molecule has 0 aromatic carbocycles. The summed E-state index contributed by atoms with van der Waals surface area (Å²) in [6, 6.07) is 0.536. The number of halogens is 1. The zero-order chi connectivity index (χ0) is 11.5. The van der Waals surface area contributed by atoms with E-state index in [-0.39, 0.29) is 0 Å². The Morgan fingerprint density at radius 3 is 3.00 bits per heavy atom. The summed E-state index contributed by atoms with van der Waals surface area (Å²) in [5.74, 6) is 1.70. The van der Waals surface area contributed by atoms with E-state index in [1.807, 2.05) is 6.92 Å². The van der Waals surface area contributed by atoms with Gasteiger partial charge in [0.25, 0.3) is 0 Å². The van der Waals surface area contributed by atoms with Crippen molar-refractivity contribution in [2.75, 3.05) is 5.32 Å². The number of hydrogen-bond acceptors (Lipinski definition) is 3. The van der Waals surface area contributed by atoms with Crippen molar-refractivity contribution < 1.29 is 0 Å². The largest absolute Gasteiger partial charge is 0.367 e. The summed E-state index contributed by atoms with van der Waals surface area (Å²) in [4.78, 5) is 8.20. The van der Waals surface area contributed by atoms with Crippen LogP contribution >= 0.6 is 11.6 Å². The van der Waals surface area contributed by atoms with Crippen LogP contribution in [0.1, 0.15) is 38.2 Å². The first-order valence-electron chi connectivity index (χ1n) is 5.91. The zero-order valence-corrected chi connectivity index (χ0v) is 10.6. The van der Waals surface area contributed by atoms with Gasteiger partial charge in [-0.1, -0.05) is 19.8 Å². The van der Waals surface area contributed by atoms with E-state index in [1.165, 1.54) is 25.7 Å². The molecule has 16 heavy (non-hydrogen) atoms. The van der Waals surface area contributed by atoms with E-state index in [9.17, 15) is 0 Å². The van der Waals surface area contributed by atoms with Crippen molar-refractivity contribution in [3.63, 3.8) is 0 Å². The first-order chi connectivity index (χ1) is 7.65. The lowest BCUT2D eigenvalue weighted by molar-refractivity contribution is 0.358. The van der Waals surface area contributed by atoms with Gasteiger partial charge in [-0.15, -0.1) is 0 Å². The van der Waals surface area contributed by atoms with E-state index in [2.05, 4.69) is 22.2 Å². The van der Waals surface area contributed by atoms with Crippen molar-refractivity contribution in [2.45, 2.75) is 45.6 Å². The van der Waals surface area contributed by atoms with Gasteiger partial charge in [0.2, 0.25) is 5.28 Å². The van der Waals surface area contributed by atoms with Crippen molar-refractivity contribution in [3.8, 4) is 0 Å². The standard InChI is InChI=1S/C12H18ClN3/c1-8-4-3-5-10(6-8)15-11-9(2)7-14-12(13)16-11/h7-8,10H,3-6H2,1-2H3,(H,14,15,16). The van der Waals surface area contributed by atoms with Crippen molar-refractivity contribution in [3.05, 3.63) is 17.0 Å². The molecule has 2 rings (SSSR count). The van der Waals surface area contributed by atoms with Gasteiger partial charge in [-0.25, -0.2) is 9.97 Å². The number of anilines is 1. The van der Waals surface area contributed by atoms with Crippen LogP contribution in [0, 0.1) is 12.8 Å². The van der Waals surface area contributed by atoms with Gasteiger partial charge < -0.3 is 5.32 Å². The summed E-state index contributed by atoms with van der Waals surface area (Å²) in [5, 5.41) is 3.80. The van der Waals surface area contributed by atoms with E-state index < -0.39 is 0 Å². The minimum Gasteiger partial charge on any atom is -0.367 e. The summed E-state index contributed by atoms with van der Waals surface area (Å²) in [6.07, 6.45) is 6.87. The van der Waals surface area contributed by atoms with E-state index >= 15 is 0 Å². The van der Waals surface area contributed by atoms with Gasteiger partial charge in [0, 0.05) is 17.8 Å². The Morgan fingerprint density at radius 2 is 2.25 bits per heavy atom. The maximum absolute atomic E-state index is 5.80. The first kappa shape index (κ1) is 11.6. The quantitative estimate of drug-likeness (QED) is 0.804. The fraction of sp³-hybridized carbons (Fsp3) is 0.667. The maximum Gasteiger partial charge on any atom is 0.224 e. The molecule has 3 nitrogen and oxygen atoms in total. The van der Waals surface area contributed by atoms with Crippen molar-refractivity contribution >= 4 is 17.4 Å². The Balaban J connectivity index is 2.05. The molecule has 1 aromatic heterocycles. The highest BCUT2D eigenvalue weighted by Gasteiger charge is 2.19. The van der Waals surface area contributed by atoms with Crippen molar-refractivity contribution in [2.24, 2.45) is 5.92 Å². The lowest BCUT2D eigenvalue weighted by Crippen LogP contribution is -2.27. The average Bonchev–Trinajstić information content (AvgIpc) is 2.24. The number of aromatic nitrogens is 2. The summed E-state index contributed by atoms with van der Waals surface area (Å²) in [7, 11) is 0. The van der Waals surface area contributed by atoms with Gasteiger partial charge in [-0.05, 0) is 37.3 Å². The average molecular weight is 240 g/mol. The van der Waals surface area contributed by atoms with E-state index in [0.29, 0.717) is 11.3 Å². The molecule has 1 saturated carbocycles. The third-order valence-electron chi connectivity index (χ3n) is 3.22. The van der Waals surface area contributed by atoms with Crippen LogP contribution in [-0.4, -0.2) is 16.0 Å². The van der Waals surface area contributed by atoms with Gasteiger partial charge in [0.15, 0.2) is 0 Å². The molecule has 0 aliphatic heterocycles. The number of rotatable bonds is 2. The number of aryl methyl sites for hydroxylation is 1. The van der Waals surface area contributed by atoms with Gasteiger partial charge in [-0.3, -0.25) is 0 Å². The lowest BCUT2D eigenvalue weighted by Gasteiger charge is -2.28. The smallest absolute Gasteiger partial charge is 0.224 e. The highest BCUT2D eigenvalue weighted by atomic mass is 35.5. The lowest BCUT2D eigenvalue weighted by atomic mass is 9.87. The number of hydrogen-bond donors (Lipinski definition) is 1. The van der Waals surface area contributed by atoms with Crippen LogP contribution in [0.25, 0.3) is 0 Å². The molecule has 0 radical (unpaired) electrons. The molecular weight excluding hydrogens is 222 g/mol. The predicted octanol–water partition coefficient (Wildman–Crippen LogP) is 3.43. The SMILES string of the molecule is Cc1cnc(Cl)nc1NC1CCCC(C)C1. The van der Waals surface area contributed by atoms with Crippen LogP contribution in [0.3, 0.4) is 0 Å². The van der Waals surface area contributed by atoms with E-state index in [1.54, 1.807) is 6.20 Å². The normalized spacial score (nSPS) is 25.4.